The fraction of sp³-hybridized carbons (Fsp3) is 0.444. The van der Waals surface area contributed by atoms with Gasteiger partial charge in [-0.05, 0) is 56.2 Å². The molecule has 190 valence electrons. The lowest BCUT2D eigenvalue weighted by Gasteiger charge is -2.24. The molecule has 1 amide bonds. The van der Waals surface area contributed by atoms with E-state index in [9.17, 15) is 9.59 Å². The number of nitrogens with one attached hydrogen (secondary N) is 1. The number of aryl methyl sites for hydroxylation is 2. The van der Waals surface area contributed by atoms with E-state index in [-0.39, 0.29) is 23.1 Å². The zero-order chi connectivity index (χ0) is 25.6. The molecule has 1 aliphatic heterocycles. The maximum absolute atomic E-state index is 13.9. The molecule has 0 bridgehead atoms. The molecule has 2 aromatic heterocycles. The number of halogens is 1. The lowest BCUT2D eigenvalue weighted by atomic mass is 10.1. The fourth-order valence-electron chi connectivity index (χ4n) is 4.95. The van der Waals surface area contributed by atoms with Gasteiger partial charge in [-0.15, -0.1) is 11.8 Å². The molecular weight excluding hydrogens is 496 g/mol. The number of ether oxygens (including phenoxy) is 1. The van der Waals surface area contributed by atoms with Crippen molar-refractivity contribution < 1.29 is 9.53 Å². The number of fused-ring (bicyclic) bond motifs is 1. The standard InChI is InChI=1S/C27H31ClN4O3S/c1-5-20-29-24-21(26(34)32(20)15-17-8-6-9-18(28)14-17)23(35-16(2)3)22(31(24)4)25(33)30-27(11-12-27)19-10-7-13-36-19/h6-9,13-14,16,19H,5,10-12,15H2,1-4H3,(H,30,33). The molecule has 2 aliphatic rings. The quantitative estimate of drug-likeness (QED) is 0.443. The molecule has 1 atom stereocenters. The highest BCUT2D eigenvalue weighted by molar-refractivity contribution is 8.03. The van der Waals surface area contributed by atoms with Gasteiger partial charge in [-0.3, -0.25) is 14.2 Å². The minimum atomic E-state index is -0.227. The highest BCUT2D eigenvalue weighted by Gasteiger charge is 2.51. The van der Waals surface area contributed by atoms with Crippen LogP contribution < -0.4 is 15.6 Å². The number of rotatable bonds is 8. The smallest absolute Gasteiger partial charge is 0.272 e. The lowest BCUT2D eigenvalue weighted by molar-refractivity contribution is 0.0916. The molecule has 9 heteroatoms. The molecule has 0 spiro atoms. The van der Waals surface area contributed by atoms with Gasteiger partial charge in [0, 0.05) is 23.7 Å². The van der Waals surface area contributed by atoms with E-state index < -0.39 is 0 Å². The van der Waals surface area contributed by atoms with Gasteiger partial charge in [0.25, 0.3) is 11.5 Å². The summed E-state index contributed by atoms with van der Waals surface area (Å²) in [7, 11) is 1.78. The van der Waals surface area contributed by atoms with Crippen LogP contribution in [0.4, 0.5) is 0 Å². The minimum Gasteiger partial charge on any atom is -0.488 e. The van der Waals surface area contributed by atoms with E-state index in [4.69, 9.17) is 21.3 Å². The number of carbonyl (C=O) groups is 1. The van der Waals surface area contributed by atoms with Crippen molar-refractivity contribution in [3.8, 4) is 5.75 Å². The second-order valence-corrected chi connectivity index (χ2v) is 11.4. The maximum atomic E-state index is 13.9. The fourth-order valence-corrected chi connectivity index (χ4v) is 6.35. The Morgan fingerprint density at radius 1 is 1.36 bits per heavy atom. The molecule has 3 aromatic rings. The number of aromatic nitrogens is 3. The van der Waals surface area contributed by atoms with Crippen LogP contribution in [-0.2, 0) is 20.0 Å². The van der Waals surface area contributed by atoms with E-state index >= 15 is 0 Å². The van der Waals surface area contributed by atoms with Crippen LogP contribution in [0.2, 0.25) is 5.02 Å². The van der Waals surface area contributed by atoms with Gasteiger partial charge in [0.05, 0.1) is 18.2 Å². The van der Waals surface area contributed by atoms with Crippen molar-refractivity contribution in [2.75, 3.05) is 0 Å². The summed E-state index contributed by atoms with van der Waals surface area (Å²) < 4.78 is 9.54. The Hall–Kier alpha value is -2.71. The second-order valence-electron chi connectivity index (χ2n) is 9.85. The molecule has 1 aromatic carbocycles. The maximum Gasteiger partial charge on any atom is 0.272 e. The molecule has 3 heterocycles. The molecule has 0 saturated heterocycles. The van der Waals surface area contributed by atoms with Crippen molar-refractivity contribution in [1.82, 2.24) is 19.4 Å². The first kappa shape index (κ1) is 25.0. The predicted octanol–water partition coefficient (Wildman–Crippen LogP) is 5.07. The van der Waals surface area contributed by atoms with E-state index in [0.29, 0.717) is 51.5 Å². The summed E-state index contributed by atoms with van der Waals surface area (Å²) in [4.78, 5) is 32.5. The summed E-state index contributed by atoms with van der Waals surface area (Å²) >= 11 is 7.97. The van der Waals surface area contributed by atoms with Gasteiger partial charge in [-0.2, -0.15) is 0 Å². The van der Waals surface area contributed by atoms with Gasteiger partial charge >= 0.3 is 0 Å². The van der Waals surface area contributed by atoms with Crippen molar-refractivity contribution in [2.45, 2.75) is 69.9 Å². The van der Waals surface area contributed by atoms with Gasteiger partial charge in [0.1, 0.15) is 11.2 Å². The number of carbonyl (C=O) groups excluding carboxylic acids is 1. The summed E-state index contributed by atoms with van der Waals surface area (Å²) in [6, 6.07) is 7.45. The topological polar surface area (TPSA) is 78.2 Å². The Labute approximate surface area is 219 Å². The van der Waals surface area contributed by atoms with Gasteiger partial charge in [-0.25, -0.2) is 4.98 Å². The molecule has 0 radical (unpaired) electrons. The Kier molecular flexibility index (Phi) is 6.68. The van der Waals surface area contributed by atoms with E-state index in [2.05, 4.69) is 16.8 Å². The average Bonchev–Trinajstić information content (AvgIpc) is 3.27. The third-order valence-electron chi connectivity index (χ3n) is 6.90. The highest BCUT2D eigenvalue weighted by Crippen LogP contribution is 2.48. The van der Waals surface area contributed by atoms with Crippen molar-refractivity contribution in [2.24, 2.45) is 7.05 Å². The highest BCUT2D eigenvalue weighted by atomic mass is 35.5. The zero-order valence-corrected chi connectivity index (χ0v) is 22.6. The average molecular weight is 527 g/mol. The number of benzene rings is 1. The third-order valence-corrected chi connectivity index (χ3v) is 8.45. The Balaban J connectivity index is 1.62. The van der Waals surface area contributed by atoms with Gasteiger partial charge in [0.15, 0.2) is 17.1 Å². The SMILES string of the molecule is CCc1nc2c(c(OC(C)C)c(C(=O)NC3(C4CC=CS4)CC3)n2C)c(=O)n1Cc1cccc(Cl)c1. The summed E-state index contributed by atoms with van der Waals surface area (Å²) in [5.41, 5.74) is 1.26. The van der Waals surface area contributed by atoms with E-state index in [1.54, 1.807) is 34.0 Å². The van der Waals surface area contributed by atoms with Crippen molar-refractivity contribution in [1.29, 1.82) is 0 Å². The summed E-state index contributed by atoms with van der Waals surface area (Å²) in [5, 5.41) is 6.69. The van der Waals surface area contributed by atoms with Crippen LogP contribution in [0, 0.1) is 0 Å². The van der Waals surface area contributed by atoms with Crippen LogP contribution in [0.15, 0.2) is 40.5 Å². The van der Waals surface area contributed by atoms with Gasteiger partial charge in [-0.1, -0.05) is 36.7 Å². The number of nitrogens with zero attached hydrogens (tertiary/aromatic N) is 3. The second kappa shape index (κ2) is 9.63. The molecular formula is C27H31ClN4O3S. The van der Waals surface area contributed by atoms with Crippen LogP contribution in [-0.4, -0.2) is 36.9 Å². The summed E-state index contributed by atoms with van der Waals surface area (Å²) in [5.74, 6) is 0.714. The van der Waals surface area contributed by atoms with Crippen LogP contribution in [0.5, 0.6) is 5.75 Å². The number of allylic oxidation sites excluding steroid dienone is 1. The van der Waals surface area contributed by atoms with E-state index in [0.717, 1.165) is 24.8 Å². The number of thioether (sulfide) groups is 1. The molecule has 1 aliphatic carbocycles. The first-order valence-electron chi connectivity index (χ1n) is 12.4. The molecule has 36 heavy (non-hydrogen) atoms. The molecule has 5 rings (SSSR count). The predicted molar refractivity (Wildman–Crippen MR) is 145 cm³/mol. The van der Waals surface area contributed by atoms with Crippen molar-refractivity contribution >= 4 is 40.3 Å². The minimum absolute atomic E-state index is 0.217. The first-order chi connectivity index (χ1) is 17.2. The Morgan fingerprint density at radius 2 is 2.14 bits per heavy atom. The number of amides is 1. The molecule has 1 unspecified atom stereocenters. The van der Waals surface area contributed by atoms with Gasteiger partial charge in [0.2, 0.25) is 0 Å². The molecule has 7 nitrogen and oxygen atoms in total. The summed E-state index contributed by atoms with van der Waals surface area (Å²) in [6.45, 7) is 6.08. The molecule has 1 saturated carbocycles. The molecule has 1 N–H and O–H groups in total. The summed E-state index contributed by atoms with van der Waals surface area (Å²) in [6.07, 6.45) is 5.35. The Morgan fingerprint density at radius 3 is 2.75 bits per heavy atom. The zero-order valence-electron chi connectivity index (χ0n) is 21.0. The monoisotopic (exact) mass is 526 g/mol. The largest absolute Gasteiger partial charge is 0.488 e. The molecule has 1 fully saturated rings. The lowest BCUT2D eigenvalue weighted by Crippen LogP contribution is -2.44. The number of hydrogen-bond donors (Lipinski definition) is 1. The van der Waals surface area contributed by atoms with Gasteiger partial charge < -0.3 is 14.6 Å². The van der Waals surface area contributed by atoms with Crippen LogP contribution in [0.3, 0.4) is 0 Å². The van der Waals surface area contributed by atoms with Crippen molar-refractivity contribution in [3.63, 3.8) is 0 Å². The van der Waals surface area contributed by atoms with Crippen LogP contribution >= 0.6 is 23.4 Å². The third kappa shape index (κ3) is 4.45. The number of hydrogen-bond acceptors (Lipinski definition) is 5. The van der Waals surface area contributed by atoms with E-state index in [1.165, 1.54) is 0 Å². The first-order valence-corrected chi connectivity index (χ1v) is 13.7. The van der Waals surface area contributed by atoms with Crippen molar-refractivity contribution in [3.05, 3.63) is 68.2 Å². The normalized spacial score (nSPS) is 18.2. The van der Waals surface area contributed by atoms with E-state index in [1.807, 2.05) is 39.0 Å². The van der Waals surface area contributed by atoms with Crippen LogP contribution in [0.25, 0.3) is 11.0 Å². The Bertz CT molecular complexity index is 1410. The van der Waals surface area contributed by atoms with Crippen LogP contribution in [0.1, 0.15) is 61.9 Å².